The molecule has 2 N–H and O–H groups in total. The van der Waals surface area contributed by atoms with Crippen molar-refractivity contribution < 1.29 is 4.79 Å². The Bertz CT molecular complexity index is 451. The van der Waals surface area contributed by atoms with Crippen LogP contribution in [0.2, 0.25) is 0 Å². The smallest absolute Gasteiger partial charge is 0.303 e. The highest BCUT2D eigenvalue weighted by molar-refractivity contribution is 6.18. The van der Waals surface area contributed by atoms with E-state index in [9.17, 15) is 9.70 Å². The van der Waals surface area contributed by atoms with E-state index in [4.69, 9.17) is 17.3 Å². The second kappa shape index (κ2) is 9.47. The molecule has 0 bridgehead atoms. The Morgan fingerprint density at radius 2 is 2.00 bits per heavy atom. The van der Waals surface area contributed by atoms with Crippen LogP contribution in [0.1, 0.15) is 25.3 Å². The van der Waals surface area contributed by atoms with Crippen LogP contribution in [-0.2, 0) is 11.2 Å². The Kier molecular flexibility index (Phi) is 7.93. The molecule has 0 aromatic heterocycles. The van der Waals surface area contributed by atoms with Gasteiger partial charge in [-0.1, -0.05) is 25.5 Å². The molecule has 0 aliphatic heterocycles. The van der Waals surface area contributed by atoms with Crippen LogP contribution in [0.15, 0.2) is 29.4 Å². The zero-order valence-electron chi connectivity index (χ0n) is 12.3. The van der Waals surface area contributed by atoms with Crippen LogP contribution in [0.25, 0.3) is 0 Å². The van der Waals surface area contributed by atoms with Gasteiger partial charge in [-0.05, 0) is 30.5 Å². The number of benzene rings is 1. The molecule has 0 saturated heterocycles. The monoisotopic (exact) mass is 311 g/mol. The molecule has 1 amide bonds. The van der Waals surface area contributed by atoms with E-state index in [1.165, 1.54) is 0 Å². The first-order chi connectivity index (χ1) is 10.1. The van der Waals surface area contributed by atoms with Crippen LogP contribution in [0.4, 0.5) is 5.69 Å². The average molecular weight is 312 g/mol. The maximum Gasteiger partial charge on any atom is 0.303 e. The van der Waals surface area contributed by atoms with Crippen molar-refractivity contribution in [2.45, 2.75) is 32.2 Å². The normalized spacial score (nSPS) is 12.0. The SMILES string of the molecule is CCCCN(CCCl)c1ccc(CC(N)C(=O)N=O)cc1. The number of unbranched alkanes of at least 4 members (excludes halogenated alkanes) is 1. The lowest BCUT2D eigenvalue weighted by atomic mass is 10.1. The molecule has 1 rings (SSSR count). The third kappa shape index (κ3) is 5.81. The number of nitrogens with zero attached hydrogens (tertiary/aromatic N) is 2. The van der Waals surface area contributed by atoms with E-state index in [-0.39, 0.29) is 0 Å². The predicted octanol–water partition coefficient (Wildman–Crippen LogP) is 2.69. The van der Waals surface area contributed by atoms with Crippen LogP contribution in [0.5, 0.6) is 0 Å². The van der Waals surface area contributed by atoms with Gasteiger partial charge in [0.25, 0.3) is 0 Å². The summed E-state index contributed by atoms with van der Waals surface area (Å²) in [5.74, 6) is -0.235. The second-order valence-electron chi connectivity index (χ2n) is 4.94. The van der Waals surface area contributed by atoms with Gasteiger partial charge in [0, 0.05) is 29.8 Å². The largest absolute Gasteiger partial charge is 0.370 e. The maximum absolute atomic E-state index is 11.1. The minimum Gasteiger partial charge on any atom is -0.370 e. The Morgan fingerprint density at radius 3 is 2.52 bits per heavy atom. The van der Waals surface area contributed by atoms with Crippen LogP contribution >= 0.6 is 11.6 Å². The Balaban J connectivity index is 2.70. The van der Waals surface area contributed by atoms with Gasteiger partial charge in [-0.2, -0.15) is 0 Å². The summed E-state index contributed by atoms with van der Waals surface area (Å²) in [6.07, 6.45) is 2.56. The van der Waals surface area contributed by atoms with E-state index in [1.807, 2.05) is 24.3 Å². The number of carbonyl (C=O) groups excluding carboxylic acids is 1. The summed E-state index contributed by atoms with van der Waals surface area (Å²) < 4.78 is 0. The lowest BCUT2D eigenvalue weighted by Crippen LogP contribution is -2.31. The standard InChI is InChI=1S/C15H22ClN3O2/c1-2-3-9-19(10-8-16)13-6-4-12(5-7-13)11-14(17)15(20)18-21/h4-7,14H,2-3,8-11,17H2,1H3. The van der Waals surface area contributed by atoms with E-state index in [0.29, 0.717) is 12.3 Å². The third-order valence-corrected chi connectivity index (χ3v) is 3.47. The Hall–Kier alpha value is -1.46. The fourth-order valence-corrected chi connectivity index (χ4v) is 2.28. The second-order valence-corrected chi connectivity index (χ2v) is 5.31. The molecule has 21 heavy (non-hydrogen) atoms. The molecule has 5 nitrogen and oxygen atoms in total. The van der Waals surface area contributed by atoms with Gasteiger partial charge in [-0.25, -0.2) is 0 Å². The molecule has 1 atom stereocenters. The minimum absolute atomic E-state index is 0.315. The van der Waals surface area contributed by atoms with Gasteiger partial charge in [0.15, 0.2) is 0 Å². The molecule has 0 aliphatic carbocycles. The number of nitroso groups, excluding NO2 is 1. The van der Waals surface area contributed by atoms with Crippen molar-refractivity contribution >= 4 is 23.2 Å². The fraction of sp³-hybridized carbons (Fsp3) is 0.533. The minimum atomic E-state index is -0.868. The van der Waals surface area contributed by atoms with Gasteiger partial charge in [-0.3, -0.25) is 4.79 Å². The van der Waals surface area contributed by atoms with E-state index in [0.717, 1.165) is 37.2 Å². The summed E-state index contributed by atoms with van der Waals surface area (Å²) in [6.45, 7) is 3.92. The quantitative estimate of drug-likeness (QED) is 0.562. The number of anilines is 1. The summed E-state index contributed by atoms with van der Waals surface area (Å²) in [5, 5.41) is 2.35. The highest BCUT2D eigenvalue weighted by Crippen LogP contribution is 2.17. The predicted molar refractivity (Wildman–Crippen MR) is 86.8 cm³/mol. The molecular formula is C15H22ClN3O2. The van der Waals surface area contributed by atoms with Crippen molar-refractivity contribution in [3.8, 4) is 0 Å². The molecule has 0 radical (unpaired) electrons. The lowest BCUT2D eigenvalue weighted by molar-refractivity contribution is -0.119. The molecule has 116 valence electrons. The van der Waals surface area contributed by atoms with Crippen molar-refractivity contribution in [1.82, 2.24) is 0 Å². The van der Waals surface area contributed by atoms with Gasteiger partial charge in [0.2, 0.25) is 0 Å². The van der Waals surface area contributed by atoms with Crippen LogP contribution in [-0.4, -0.2) is 30.9 Å². The summed E-state index contributed by atoms with van der Waals surface area (Å²) in [4.78, 5) is 23.5. The topological polar surface area (TPSA) is 75.8 Å². The van der Waals surface area contributed by atoms with Crippen molar-refractivity contribution in [2.24, 2.45) is 10.9 Å². The molecule has 0 aliphatic rings. The van der Waals surface area contributed by atoms with E-state index in [1.54, 1.807) is 0 Å². The van der Waals surface area contributed by atoms with Crippen molar-refractivity contribution in [3.05, 3.63) is 34.7 Å². The number of nitrogens with two attached hydrogens (primary N) is 1. The van der Waals surface area contributed by atoms with E-state index < -0.39 is 11.9 Å². The first-order valence-corrected chi connectivity index (χ1v) is 7.68. The molecule has 1 aromatic carbocycles. The Morgan fingerprint density at radius 1 is 1.33 bits per heavy atom. The van der Waals surface area contributed by atoms with Gasteiger partial charge >= 0.3 is 5.91 Å². The number of halogens is 1. The Labute approximate surface area is 130 Å². The lowest BCUT2D eigenvalue weighted by Gasteiger charge is -2.24. The molecule has 1 unspecified atom stereocenters. The third-order valence-electron chi connectivity index (χ3n) is 3.30. The maximum atomic E-state index is 11.1. The number of rotatable bonds is 9. The van der Waals surface area contributed by atoms with Gasteiger partial charge < -0.3 is 10.6 Å². The summed E-state index contributed by atoms with van der Waals surface area (Å²) >= 11 is 5.84. The molecular weight excluding hydrogens is 290 g/mol. The van der Waals surface area contributed by atoms with Crippen molar-refractivity contribution in [1.29, 1.82) is 0 Å². The highest BCUT2D eigenvalue weighted by atomic mass is 35.5. The molecule has 0 heterocycles. The van der Waals surface area contributed by atoms with Crippen molar-refractivity contribution in [3.63, 3.8) is 0 Å². The number of hydrogen-bond donors (Lipinski definition) is 1. The summed E-state index contributed by atoms with van der Waals surface area (Å²) in [5.41, 5.74) is 7.61. The van der Waals surface area contributed by atoms with Crippen molar-refractivity contribution in [2.75, 3.05) is 23.9 Å². The van der Waals surface area contributed by atoms with Crippen LogP contribution < -0.4 is 10.6 Å². The molecule has 1 aromatic rings. The first kappa shape index (κ1) is 17.6. The highest BCUT2D eigenvalue weighted by Gasteiger charge is 2.14. The van der Waals surface area contributed by atoms with E-state index >= 15 is 0 Å². The summed E-state index contributed by atoms with van der Waals surface area (Å²) in [6, 6.07) is 6.94. The molecule has 0 saturated carbocycles. The van der Waals surface area contributed by atoms with Crippen LogP contribution in [0.3, 0.4) is 0 Å². The van der Waals surface area contributed by atoms with Gasteiger partial charge in [0.05, 0.1) is 6.04 Å². The zero-order valence-corrected chi connectivity index (χ0v) is 13.1. The average Bonchev–Trinajstić information content (AvgIpc) is 2.51. The number of carbonyl (C=O) groups is 1. The van der Waals surface area contributed by atoms with Crippen LogP contribution in [0, 0.1) is 4.91 Å². The molecule has 6 heteroatoms. The molecule has 0 fully saturated rings. The fourth-order valence-electron chi connectivity index (χ4n) is 2.07. The number of hydrogen-bond acceptors (Lipinski definition) is 4. The van der Waals surface area contributed by atoms with Gasteiger partial charge in [0.1, 0.15) is 0 Å². The number of alkyl halides is 1. The summed E-state index contributed by atoms with van der Waals surface area (Å²) in [7, 11) is 0. The zero-order chi connectivity index (χ0) is 15.7. The molecule has 0 spiro atoms. The van der Waals surface area contributed by atoms with E-state index in [2.05, 4.69) is 17.0 Å². The number of amides is 1. The van der Waals surface area contributed by atoms with Gasteiger partial charge in [-0.15, -0.1) is 16.5 Å². The first-order valence-electron chi connectivity index (χ1n) is 7.15.